The van der Waals surface area contributed by atoms with Crippen LogP contribution in [-0.2, 0) is 0 Å². The smallest absolute Gasteiger partial charge is 0.336 e. The third-order valence-electron chi connectivity index (χ3n) is 2.46. The summed E-state index contributed by atoms with van der Waals surface area (Å²) in [5.41, 5.74) is 0.676. The number of benzene rings is 2. The second-order valence-corrected chi connectivity index (χ2v) is 6.21. The molecule has 3 nitrogen and oxygen atoms in total. The maximum Gasteiger partial charge on any atom is 0.336 e. The second-order valence-electron chi connectivity index (χ2n) is 3.80. The number of carbonyl (C=O) groups is 1. The lowest BCUT2D eigenvalue weighted by Gasteiger charge is -2.06. The molecule has 20 heavy (non-hydrogen) atoms. The third-order valence-corrected chi connectivity index (χ3v) is 4.43. The molecule has 2 aromatic rings. The normalized spacial score (nSPS) is 10.1. The largest absolute Gasteiger partial charge is 0.478 e. The van der Waals surface area contributed by atoms with Crippen molar-refractivity contribution in [2.75, 3.05) is 0 Å². The number of carboxylic acids is 1. The number of hydrogen-bond acceptors (Lipinski definition) is 3. The van der Waals surface area contributed by atoms with Gasteiger partial charge in [-0.05, 0) is 52.3 Å². The fourth-order valence-corrected chi connectivity index (χ4v) is 3.16. The van der Waals surface area contributed by atoms with Crippen LogP contribution in [0.5, 0.6) is 0 Å². The molecule has 0 bridgehead atoms. The molecule has 100 valence electrons. The van der Waals surface area contributed by atoms with Gasteiger partial charge < -0.3 is 5.11 Å². The molecule has 0 aliphatic heterocycles. The summed E-state index contributed by atoms with van der Waals surface area (Å²) in [4.78, 5) is 12.5. The van der Waals surface area contributed by atoms with Crippen LogP contribution in [0, 0.1) is 11.3 Å². The zero-order valence-electron chi connectivity index (χ0n) is 9.93. The highest BCUT2D eigenvalue weighted by Crippen LogP contribution is 2.34. The van der Waals surface area contributed by atoms with Crippen LogP contribution in [-0.4, -0.2) is 11.1 Å². The zero-order valence-corrected chi connectivity index (χ0v) is 13.1. The van der Waals surface area contributed by atoms with Crippen molar-refractivity contribution in [1.82, 2.24) is 0 Å². The molecule has 2 aromatic carbocycles. The number of halogens is 2. The fourth-order valence-electron chi connectivity index (χ4n) is 1.53. The first kappa shape index (κ1) is 14.9. The van der Waals surface area contributed by atoms with Crippen LogP contribution in [0.1, 0.15) is 15.9 Å². The zero-order chi connectivity index (χ0) is 14.7. The van der Waals surface area contributed by atoms with Crippen molar-refractivity contribution in [2.45, 2.75) is 9.79 Å². The van der Waals surface area contributed by atoms with Gasteiger partial charge in [-0.3, -0.25) is 0 Å². The Labute approximate surface area is 133 Å². The highest BCUT2D eigenvalue weighted by molar-refractivity contribution is 9.10. The highest BCUT2D eigenvalue weighted by atomic mass is 79.9. The Bertz CT molecular complexity index is 728. The van der Waals surface area contributed by atoms with Crippen LogP contribution in [0.4, 0.5) is 0 Å². The molecule has 0 atom stereocenters. The molecule has 0 heterocycles. The van der Waals surface area contributed by atoms with Crippen LogP contribution in [0.2, 0.25) is 5.02 Å². The minimum absolute atomic E-state index is 0.176. The molecule has 0 saturated carbocycles. The average Bonchev–Trinajstić information content (AvgIpc) is 2.41. The predicted molar refractivity (Wildman–Crippen MR) is 81.4 cm³/mol. The summed E-state index contributed by atoms with van der Waals surface area (Å²) in [5.74, 6) is -1.01. The molecule has 1 N–H and O–H groups in total. The van der Waals surface area contributed by atoms with Crippen LogP contribution in [0.3, 0.4) is 0 Å². The van der Waals surface area contributed by atoms with Crippen molar-refractivity contribution in [3.05, 3.63) is 57.0 Å². The van der Waals surface area contributed by atoms with E-state index in [-0.39, 0.29) is 5.56 Å². The van der Waals surface area contributed by atoms with E-state index in [0.29, 0.717) is 20.0 Å². The Morgan fingerprint density at radius 1 is 1.30 bits per heavy atom. The topological polar surface area (TPSA) is 61.1 Å². The van der Waals surface area contributed by atoms with Gasteiger partial charge >= 0.3 is 5.97 Å². The lowest BCUT2D eigenvalue weighted by Crippen LogP contribution is -1.97. The van der Waals surface area contributed by atoms with Crippen LogP contribution >= 0.6 is 39.3 Å². The van der Waals surface area contributed by atoms with Crippen molar-refractivity contribution in [3.63, 3.8) is 0 Å². The summed E-state index contributed by atoms with van der Waals surface area (Å²) in [7, 11) is 0. The number of carboxylic acid groups (broad SMARTS) is 1. The molecule has 0 unspecified atom stereocenters. The first-order valence-electron chi connectivity index (χ1n) is 5.41. The summed E-state index contributed by atoms with van der Waals surface area (Å²) in [5, 5.41) is 18.7. The van der Waals surface area contributed by atoms with E-state index < -0.39 is 5.97 Å². The summed E-state index contributed by atoms with van der Waals surface area (Å²) in [6, 6.07) is 12.1. The van der Waals surface area contributed by atoms with Crippen molar-refractivity contribution in [1.29, 1.82) is 5.26 Å². The van der Waals surface area contributed by atoms with Gasteiger partial charge in [0.1, 0.15) is 6.07 Å². The van der Waals surface area contributed by atoms with Crippen molar-refractivity contribution >= 4 is 45.3 Å². The first-order valence-corrected chi connectivity index (χ1v) is 7.40. The van der Waals surface area contributed by atoms with E-state index in [1.165, 1.54) is 11.8 Å². The quantitative estimate of drug-likeness (QED) is 0.843. The number of rotatable bonds is 3. The van der Waals surface area contributed by atoms with Gasteiger partial charge in [0, 0.05) is 19.3 Å². The van der Waals surface area contributed by atoms with Gasteiger partial charge in [-0.15, -0.1) is 0 Å². The van der Waals surface area contributed by atoms with Gasteiger partial charge in [0.05, 0.1) is 11.1 Å². The van der Waals surface area contributed by atoms with Gasteiger partial charge in [-0.1, -0.05) is 23.4 Å². The van der Waals surface area contributed by atoms with Gasteiger partial charge in [-0.2, -0.15) is 5.26 Å². The van der Waals surface area contributed by atoms with Crippen molar-refractivity contribution < 1.29 is 9.90 Å². The first-order chi connectivity index (χ1) is 9.51. The summed E-state index contributed by atoms with van der Waals surface area (Å²) in [6.07, 6.45) is 0. The van der Waals surface area contributed by atoms with Crippen molar-refractivity contribution in [2.24, 2.45) is 0 Å². The average molecular weight is 369 g/mol. The maximum atomic E-state index is 11.1. The lowest BCUT2D eigenvalue weighted by atomic mass is 10.2. The Balaban J connectivity index is 2.40. The molecule has 0 amide bonds. The van der Waals surface area contributed by atoms with E-state index in [0.717, 1.165) is 4.90 Å². The van der Waals surface area contributed by atoms with Crippen LogP contribution in [0.15, 0.2) is 50.7 Å². The fraction of sp³-hybridized carbons (Fsp3) is 0. The van der Waals surface area contributed by atoms with E-state index >= 15 is 0 Å². The number of nitriles is 1. The Hall–Kier alpha value is -1.48. The molecule has 2 rings (SSSR count). The van der Waals surface area contributed by atoms with E-state index in [2.05, 4.69) is 22.0 Å². The molecular weight excluding hydrogens is 362 g/mol. The van der Waals surface area contributed by atoms with Gasteiger partial charge in [0.2, 0.25) is 0 Å². The minimum atomic E-state index is -1.01. The highest BCUT2D eigenvalue weighted by Gasteiger charge is 2.11. The molecule has 0 radical (unpaired) electrons. The number of hydrogen-bond donors (Lipinski definition) is 1. The van der Waals surface area contributed by atoms with Crippen LogP contribution < -0.4 is 0 Å². The Kier molecular flexibility index (Phi) is 4.71. The monoisotopic (exact) mass is 367 g/mol. The summed E-state index contributed by atoms with van der Waals surface area (Å²) >= 11 is 10.4. The summed E-state index contributed by atoms with van der Waals surface area (Å²) < 4.78 is 0.515. The molecule has 0 saturated heterocycles. The van der Waals surface area contributed by atoms with Crippen LogP contribution in [0.25, 0.3) is 0 Å². The molecule has 0 aromatic heterocycles. The number of aromatic carboxylic acids is 1. The molecule has 0 spiro atoms. The number of nitrogens with zero attached hydrogens (tertiary/aromatic N) is 1. The Morgan fingerprint density at radius 2 is 2.05 bits per heavy atom. The standard InChI is InChI=1S/C14H7BrClNO2S/c15-12-4-3-10(6-11(12)14(18)19)20-13-5-9(16)2-1-8(13)7-17/h1-6H,(H,18,19). The maximum absolute atomic E-state index is 11.1. The molecular formula is C14H7BrClNO2S. The Morgan fingerprint density at radius 3 is 2.70 bits per heavy atom. The van der Waals surface area contributed by atoms with Gasteiger partial charge in [-0.25, -0.2) is 4.79 Å². The van der Waals surface area contributed by atoms with E-state index in [4.69, 9.17) is 22.0 Å². The van der Waals surface area contributed by atoms with Gasteiger partial charge in [0.15, 0.2) is 0 Å². The predicted octanol–water partition coefficient (Wildman–Crippen LogP) is 4.82. The van der Waals surface area contributed by atoms with Crippen molar-refractivity contribution in [3.8, 4) is 6.07 Å². The molecule has 0 aliphatic rings. The minimum Gasteiger partial charge on any atom is -0.478 e. The summed E-state index contributed by atoms with van der Waals surface area (Å²) in [6.45, 7) is 0. The van der Waals surface area contributed by atoms with E-state index in [1.807, 2.05) is 0 Å². The lowest BCUT2D eigenvalue weighted by molar-refractivity contribution is 0.0695. The molecule has 0 fully saturated rings. The second kappa shape index (κ2) is 6.31. The molecule has 6 heteroatoms. The van der Waals surface area contributed by atoms with E-state index in [9.17, 15) is 4.79 Å². The van der Waals surface area contributed by atoms with Gasteiger partial charge in [0.25, 0.3) is 0 Å². The SMILES string of the molecule is N#Cc1ccc(Cl)cc1Sc1ccc(Br)c(C(=O)O)c1. The van der Waals surface area contributed by atoms with E-state index in [1.54, 1.807) is 36.4 Å². The third kappa shape index (κ3) is 3.34. The molecule has 0 aliphatic carbocycles.